The molecular formula is C24H35N5O. The normalized spacial score (nSPS) is 21.6. The third kappa shape index (κ3) is 4.00. The van der Waals surface area contributed by atoms with Crippen LogP contribution in [0.4, 0.5) is 0 Å². The summed E-state index contributed by atoms with van der Waals surface area (Å²) in [7, 11) is 0. The summed E-state index contributed by atoms with van der Waals surface area (Å²) in [6.07, 6.45) is 11.4. The molecule has 0 atom stereocenters. The molecule has 1 aliphatic heterocycles. The summed E-state index contributed by atoms with van der Waals surface area (Å²) >= 11 is 0. The van der Waals surface area contributed by atoms with Gasteiger partial charge in [0.15, 0.2) is 5.69 Å². The Labute approximate surface area is 179 Å². The molecule has 0 radical (unpaired) electrons. The molecule has 2 aromatic heterocycles. The van der Waals surface area contributed by atoms with Crippen molar-refractivity contribution in [2.75, 3.05) is 32.7 Å². The first-order chi connectivity index (χ1) is 14.7. The molecule has 2 aromatic rings. The highest BCUT2D eigenvalue weighted by Crippen LogP contribution is 2.29. The number of nitrogens with zero attached hydrogens (tertiary/aromatic N) is 5. The number of carbonyl (C=O) groups is 1. The minimum absolute atomic E-state index is 0.115. The Morgan fingerprint density at radius 1 is 1.07 bits per heavy atom. The number of piperazine rings is 1. The van der Waals surface area contributed by atoms with E-state index in [4.69, 9.17) is 4.98 Å². The van der Waals surface area contributed by atoms with Crippen molar-refractivity contribution in [3.05, 3.63) is 35.8 Å². The second-order valence-corrected chi connectivity index (χ2v) is 9.25. The molecule has 0 unspecified atom stereocenters. The van der Waals surface area contributed by atoms with Crippen LogP contribution in [0.5, 0.6) is 0 Å². The van der Waals surface area contributed by atoms with E-state index < -0.39 is 0 Å². The molecule has 2 aliphatic carbocycles. The van der Waals surface area contributed by atoms with Crippen LogP contribution in [0, 0.1) is 0 Å². The number of hydrogen-bond acceptors (Lipinski definition) is 4. The lowest BCUT2D eigenvalue weighted by Crippen LogP contribution is -2.52. The Kier molecular flexibility index (Phi) is 5.79. The average molecular weight is 410 g/mol. The van der Waals surface area contributed by atoms with Crippen molar-refractivity contribution in [3.63, 3.8) is 0 Å². The van der Waals surface area contributed by atoms with Crippen LogP contribution >= 0.6 is 0 Å². The quantitative estimate of drug-likeness (QED) is 0.733. The van der Waals surface area contributed by atoms with Gasteiger partial charge in [-0.05, 0) is 44.4 Å². The molecule has 3 aliphatic rings. The monoisotopic (exact) mass is 409 g/mol. The molecule has 5 rings (SSSR count). The van der Waals surface area contributed by atoms with Gasteiger partial charge in [-0.1, -0.05) is 32.3 Å². The molecule has 3 heterocycles. The number of imidazole rings is 1. The summed E-state index contributed by atoms with van der Waals surface area (Å²) in [4.78, 5) is 25.5. The van der Waals surface area contributed by atoms with E-state index in [1.807, 2.05) is 23.1 Å². The van der Waals surface area contributed by atoms with Gasteiger partial charge in [0.1, 0.15) is 5.65 Å². The smallest absolute Gasteiger partial charge is 0.274 e. The number of hydrogen-bond donors (Lipinski definition) is 0. The first-order valence-corrected chi connectivity index (χ1v) is 12.0. The van der Waals surface area contributed by atoms with Crippen LogP contribution in [0.15, 0.2) is 24.4 Å². The Bertz CT molecular complexity index is 875. The SMILES string of the molecule is CCN(Cc1c(C(=O)N2CCN(C3CCCCC3)CC2)nc2ccccn12)C1CC1. The maximum absolute atomic E-state index is 13.5. The maximum atomic E-state index is 13.5. The predicted molar refractivity (Wildman–Crippen MR) is 119 cm³/mol. The number of amides is 1. The Morgan fingerprint density at radius 2 is 1.83 bits per heavy atom. The van der Waals surface area contributed by atoms with E-state index in [1.165, 1.54) is 44.9 Å². The molecule has 0 spiro atoms. The van der Waals surface area contributed by atoms with E-state index in [1.54, 1.807) is 0 Å². The Balaban J connectivity index is 1.33. The fourth-order valence-electron chi connectivity index (χ4n) is 5.39. The highest BCUT2D eigenvalue weighted by atomic mass is 16.2. The molecule has 0 aromatic carbocycles. The minimum atomic E-state index is 0.115. The van der Waals surface area contributed by atoms with Gasteiger partial charge in [-0.2, -0.15) is 0 Å². The number of fused-ring (bicyclic) bond motifs is 1. The van der Waals surface area contributed by atoms with Crippen LogP contribution < -0.4 is 0 Å². The van der Waals surface area contributed by atoms with Crippen molar-refractivity contribution in [3.8, 4) is 0 Å². The Morgan fingerprint density at radius 3 is 2.53 bits per heavy atom. The van der Waals surface area contributed by atoms with Crippen molar-refractivity contribution in [2.45, 2.75) is 70.5 Å². The van der Waals surface area contributed by atoms with Crippen molar-refractivity contribution in [2.24, 2.45) is 0 Å². The molecular weight excluding hydrogens is 374 g/mol. The van der Waals surface area contributed by atoms with E-state index in [-0.39, 0.29) is 5.91 Å². The van der Waals surface area contributed by atoms with Gasteiger partial charge in [-0.15, -0.1) is 0 Å². The molecule has 6 nitrogen and oxygen atoms in total. The predicted octanol–water partition coefficient (Wildman–Crippen LogP) is 3.41. The molecule has 0 N–H and O–H groups in total. The lowest BCUT2D eigenvalue weighted by Gasteiger charge is -2.40. The number of pyridine rings is 1. The third-order valence-electron chi connectivity index (χ3n) is 7.35. The second-order valence-electron chi connectivity index (χ2n) is 9.25. The summed E-state index contributed by atoms with van der Waals surface area (Å²) in [6, 6.07) is 7.45. The first kappa shape index (κ1) is 20.0. The molecule has 1 saturated heterocycles. The van der Waals surface area contributed by atoms with Crippen LogP contribution in [0.3, 0.4) is 0 Å². The van der Waals surface area contributed by atoms with Crippen LogP contribution in [0.2, 0.25) is 0 Å². The zero-order valence-corrected chi connectivity index (χ0v) is 18.3. The second kappa shape index (κ2) is 8.67. The average Bonchev–Trinajstić information content (AvgIpc) is 3.59. The highest BCUT2D eigenvalue weighted by molar-refractivity contribution is 5.94. The number of rotatable bonds is 6. The van der Waals surface area contributed by atoms with E-state index in [0.29, 0.717) is 11.7 Å². The summed E-state index contributed by atoms with van der Waals surface area (Å²) < 4.78 is 2.12. The van der Waals surface area contributed by atoms with E-state index in [0.717, 1.165) is 56.7 Å². The van der Waals surface area contributed by atoms with Gasteiger partial charge in [0.25, 0.3) is 5.91 Å². The lowest BCUT2D eigenvalue weighted by atomic mass is 9.94. The zero-order chi connectivity index (χ0) is 20.5. The molecule has 3 fully saturated rings. The molecule has 0 bridgehead atoms. The fraction of sp³-hybridized carbons (Fsp3) is 0.667. The summed E-state index contributed by atoms with van der Waals surface area (Å²) in [5.74, 6) is 0.115. The molecule has 2 saturated carbocycles. The Hall–Kier alpha value is -1.92. The zero-order valence-electron chi connectivity index (χ0n) is 18.3. The third-order valence-corrected chi connectivity index (χ3v) is 7.35. The molecule has 162 valence electrons. The fourth-order valence-corrected chi connectivity index (χ4v) is 5.39. The summed E-state index contributed by atoms with van der Waals surface area (Å²) in [6.45, 7) is 7.68. The van der Waals surface area contributed by atoms with Crippen molar-refractivity contribution in [1.82, 2.24) is 24.1 Å². The van der Waals surface area contributed by atoms with Crippen LogP contribution in [0.25, 0.3) is 5.65 Å². The van der Waals surface area contributed by atoms with Gasteiger partial charge in [0.05, 0.1) is 5.69 Å². The van der Waals surface area contributed by atoms with Gasteiger partial charge in [0.2, 0.25) is 0 Å². The summed E-state index contributed by atoms with van der Waals surface area (Å²) in [5.41, 5.74) is 2.59. The number of carbonyl (C=O) groups excluding carboxylic acids is 1. The first-order valence-electron chi connectivity index (χ1n) is 12.0. The van der Waals surface area contributed by atoms with Gasteiger partial charge >= 0.3 is 0 Å². The van der Waals surface area contributed by atoms with Gasteiger partial charge in [0, 0.05) is 51.0 Å². The van der Waals surface area contributed by atoms with E-state index >= 15 is 0 Å². The van der Waals surface area contributed by atoms with Crippen molar-refractivity contribution < 1.29 is 4.79 Å². The van der Waals surface area contributed by atoms with Crippen molar-refractivity contribution >= 4 is 11.6 Å². The molecule has 6 heteroatoms. The summed E-state index contributed by atoms with van der Waals surface area (Å²) in [5, 5.41) is 0. The van der Waals surface area contributed by atoms with Gasteiger partial charge in [-0.3, -0.25) is 14.6 Å². The van der Waals surface area contributed by atoms with Crippen molar-refractivity contribution in [1.29, 1.82) is 0 Å². The number of aromatic nitrogens is 2. The van der Waals surface area contributed by atoms with Gasteiger partial charge in [-0.25, -0.2) is 4.98 Å². The molecule has 30 heavy (non-hydrogen) atoms. The maximum Gasteiger partial charge on any atom is 0.274 e. The van der Waals surface area contributed by atoms with Crippen LogP contribution in [-0.4, -0.2) is 74.8 Å². The van der Waals surface area contributed by atoms with Crippen LogP contribution in [-0.2, 0) is 6.54 Å². The highest BCUT2D eigenvalue weighted by Gasteiger charge is 2.33. The van der Waals surface area contributed by atoms with Crippen LogP contribution in [0.1, 0.15) is 68.1 Å². The molecule has 1 amide bonds. The largest absolute Gasteiger partial charge is 0.335 e. The topological polar surface area (TPSA) is 44.1 Å². The lowest BCUT2D eigenvalue weighted by molar-refractivity contribution is 0.0517. The van der Waals surface area contributed by atoms with Gasteiger partial charge < -0.3 is 9.30 Å². The minimum Gasteiger partial charge on any atom is -0.335 e. The van der Waals surface area contributed by atoms with E-state index in [2.05, 4.69) is 27.3 Å². The van der Waals surface area contributed by atoms with E-state index in [9.17, 15) is 4.79 Å². The standard InChI is InChI=1S/C24H35N5O/c1-2-26(20-11-12-20)18-21-23(25-22-10-6-7-13-29(21)22)24(30)28-16-14-27(15-17-28)19-8-4-3-5-9-19/h6-7,10,13,19-20H,2-5,8-9,11-12,14-18H2,1H3.